The normalized spacial score (nSPS) is 10.4. The minimum Gasteiger partial charge on any atom is -0.392 e. The summed E-state index contributed by atoms with van der Waals surface area (Å²) in [6.07, 6.45) is 0. The first kappa shape index (κ1) is 10.8. The number of rotatable bonds is 2. The summed E-state index contributed by atoms with van der Waals surface area (Å²) >= 11 is 0. The van der Waals surface area contributed by atoms with Crippen LogP contribution in [0.1, 0.15) is 5.56 Å². The maximum atomic E-state index is 13.4. The molecule has 2 aromatic carbocycles. The standard InChI is InChI=1S/C13H10F2O/c14-12-3-1-2-9(6-12)10-4-5-11(8-16)13(15)7-10/h1-7,16H,8H2. The lowest BCUT2D eigenvalue weighted by atomic mass is 10.0. The first-order valence-corrected chi connectivity index (χ1v) is 4.86. The highest BCUT2D eigenvalue weighted by atomic mass is 19.1. The summed E-state index contributed by atoms with van der Waals surface area (Å²) in [4.78, 5) is 0. The molecule has 16 heavy (non-hydrogen) atoms. The van der Waals surface area contributed by atoms with E-state index < -0.39 is 5.82 Å². The van der Waals surface area contributed by atoms with Crippen LogP contribution in [0.2, 0.25) is 0 Å². The summed E-state index contributed by atoms with van der Waals surface area (Å²) in [7, 11) is 0. The van der Waals surface area contributed by atoms with Gasteiger partial charge in [0.25, 0.3) is 0 Å². The molecule has 0 unspecified atom stereocenters. The second-order valence-electron chi connectivity index (χ2n) is 3.47. The van der Waals surface area contributed by atoms with Crippen molar-refractivity contribution in [2.45, 2.75) is 6.61 Å². The molecule has 0 amide bonds. The number of aliphatic hydroxyl groups excluding tert-OH is 1. The summed E-state index contributed by atoms with van der Waals surface area (Å²) in [6.45, 7) is -0.338. The molecule has 0 saturated carbocycles. The molecule has 0 aromatic heterocycles. The molecular formula is C13H10F2O. The zero-order valence-corrected chi connectivity index (χ0v) is 8.45. The van der Waals surface area contributed by atoms with Gasteiger partial charge in [-0.1, -0.05) is 24.3 Å². The van der Waals surface area contributed by atoms with Crippen molar-refractivity contribution in [2.75, 3.05) is 0 Å². The third-order valence-electron chi connectivity index (χ3n) is 2.38. The van der Waals surface area contributed by atoms with Crippen LogP contribution in [0.3, 0.4) is 0 Å². The predicted molar refractivity (Wildman–Crippen MR) is 57.7 cm³/mol. The molecule has 0 spiro atoms. The van der Waals surface area contributed by atoms with Gasteiger partial charge < -0.3 is 5.11 Å². The molecule has 82 valence electrons. The van der Waals surface area contributed by atoms with Gasteiger partial charge in [0.15, 0.2) is 0 Å². The van der Waals surface area contributed by atoms with Crippen molar-refractivity contribution < 1.29 is 13.9 Å². The summed E-state index contributed by atoms with van der Waals surface area (Å²) in [6, 6.07) is 10.4. The SMILES string of the molecule is OCc1ccc(-c2cccc(F)c2)cc1F. The van der Waals surface area contributed by atoms with Crippen LogP contribution in [0.5, 0.6) is 0 Å². The van der Waals surface area contributed by atoms with Gasteiger partial charge in [-0.25, -0.2) is 8.78 Å². The summed E-state index contributed by atoms with van der Waals surface area (Å²) in [5, 5.41) is 8.82. The van der Waals surface area contributed by atoms with Gasteiger partial charge in [0, 0.05) is 5.56 Å². The van der Waals surface area contributed by atoms with Gasteiger partial charge >= 0.3 is 0 Å². The first-order valence-electron chi connectivity index (χ1n) is 4.86. The van der Waals surface area contributed by atoms with Crippen molar-refractivity contribution in [2.24, 2.45) is 0 Å². The van der Waals surface area contributed by atoms with Crippen LogP contribution < -0.4 is 0 Å². The Labute approximate surface area is 92.0 Å². The lowest BCUT2D eigenvalue weighted by Crippen LogP contribution is -1.90. The fourth-order valence-electron chi connectivity index (χ4n) is 1.52. The average molecular weight is 220 g/mol. The highest BCUT2D eigenvalue weighted by Crippen LogP contribution is 2.22. The molecule has 0 fully saturated rings. The number of aliphatic hydroxyl groups is 1. The van der Waals surface area contributed by atoms with Gasteiger partial charge in [0.05, 0.1) is 6.61 Å². The number of benzene rings is 2. The van der Waals surface area contributed by atoms with E-state index in [0.717, 1.165) is 0 Å². The van der Waals surface area contributed by atoms with Crippen LogP contribution in [0.15, 0.2) is 42.5 Å². The molecule has 0 aliphatic heterocycles. The third-order valence-corrected chi connectivity index (χ3v) is 2.38. The molecule has 0 saturated heterocycles. The van der Waals surface area contributed by atoms with Crippen molar-refractivity contribution in [3.63, 3.8) is 0 Å². The van der Waals surface area contributed by atoms with Gasteiger partial charge in [-0.3, -0.25) is 0 Å². The highest BCUT2D eigenvalue weighted by molar-refractivity contribution is 5.63. The fraction of sp³-hybridized carbons (Fsp3) is 0.0769. The van der Waals surface area contributed by atoms with Gasteiger partial charge in [-0.2, -0.15) is 0 Å². The van der Waals surface area contributed by atoms with E-state index in [2.05, 4.69) is 0 Å². The van der Waals surface area contributed by atoms with E-state index >= 15 is 0 Å². The number of hydrogen-bond acceptors (Lipinski definition) is 1. The van der Waals surface area contributed by atoms with E-state index in [1.54, 1.807) is 18.2 Å². The quantitative estimate of drug-likeness (QED) is 0.824. The van der Waals surface area contributed by atoms with E-state index in [4.69, 9.17) is 5.11 Å². The molecule has 2 aromatic rings. The highest BCUT2D eigenvalue weighted by Gasteiger charge is 2.04. The van der Waals surface area contributed by atoms with Gasteiger partial charge in [-0.15, -0.1) is 0 Å². The van der Waals surface area contributed by atoms with Gasteiger partial charge in [0.2, 0.25) is 0 Å². The maximum absolute atomic E-state index is 13.4. The van der Waals surface area contributed by atoms with Crippen LogP contribution in [-0.4, -0.2) is 5.11 Å². The Bertz CT molecular complexity index is 509. The lowest BCUT2D eigenvalue weighted by molar-refractivity contribution is 0.276. The van der Waals surface area contributed by atoms with Crippen LogP contribution >= 0.6 is 0 Å². The molecule has 0 atom stereocenters. The molecule has 0 heterocycles. The van der Waals surface area contributed by atoms with Crippen molar-refractivity contribution in [3.8, 4) is 11.1 Å². The topological polar surface area (TPSA) is 20.2 Å². The largest absolute Gasteiger partial charge is 0.392 e. The van der Waals surface area contributed by atoms with Crippen molar-refractivity contribution >= 4 is 0 Å². The van der Waals surface area contributed by atoms with E-state index in [-0.39, 0.29) is 18.0 Å². The van der Waals surface area contributed by atoms with E-state index in [0.29, 0.717) is 11.1 Å². The molecule has 2 rings (SSSR count). The lowest BCUT2D eigenvalue weighted by Gasteiger charge is -2.04. The van der Waals surface area contributed by atoms with E-state index in [9.17, 15) is 8.78 Å². The average Bonchev–Trinajstić information content (AvgIpc) is 2.29. The van der Waals surface area contributed by atoms with Gasteiger partial charge in [0.1, 0.15) is 11.6 Å². The van der Waals surface area contributed by atoms with Crippen LogP contribution in [0.25, 0.3) is 11.1 Å². The summed E-state index contributed by atoms with van der Waals surface area (Å²) < 4.78 is 26.3. The molecular weight excluding hydrogens is 210 g/mol. The van der Waals surface area contributed by atoms with Gasteiger partial charge in [-0.05, 0) is 29.3 Å². The monoisotopic (exact) mass is 220 g/mol. The molecule has 0 aliphatic rings. The Morgan fingerprint density at radius 3 is 2.31 bits per heavy atom. The molecule has 0 bridgehead atoms. The van der Waals surface area contributed by atoms with Crippen molar-refractivity contribution in [1.29, 1.82) is 0 Å². The summed E-state index contributed by atoms with van der Waals surface area (Å²) in [5.74, 6) is -0.839. The zero-order chi connectivity index (χ0) is 11.5. The van der Waals surface area contributed by atoms with E-state index in [1.165, 1.54) is 24.3 Å². The van der Waals surface area contributed by atoms with E-state index in [1.807, 2.05) is 0 Å². The Balaban J connectivity index is 2.45. The van der Waals surface area contributed by atoms with Crippen molar-refractivity contribution in [3.05, 3.63) is 59.7 Å². The number of hydrogen-bond donors (Lipinski definition) is 1. The van der Waals surface area contributed by atoms with Crippen LogP contribution in [-0.2, 0) is 6.61 Å². The predicted octanol–water partition coefficient (Wildman–Crippen LogP) is 3.12. The molecule has 1 N–H and O–H groups in total. The minimum atomic E-state index is -0.482. The maximum Gasteiger partial charge on any atom is 0.129 e. The van der Waals surface area contributed by atoms with Crippen LogP contribution in [0.4, 0.5) is 8.78 Å². The second kappa shape index (κ2) is 4.41. The molecule has 0 radical (unpaired) electrons. The summed E-state index contributed by atoms with van der Waals surface area (Å²) in [5.41, 5.74) is 1.44. The number of halogens is 2. The molecule has 3 heteroatoms. The zero-order valence-electron chi connectivity index (χ0n) is 8.45. The Hall–Kier alpha value is -1.74. The Morgan fingerprint density at radius 1 is 0.938 bits per heavy atom. The van der Waals surface area contributed by atoms with Crippen LogP contribution in [0, 0.1) is 11.6 Å². The second-order valence-corrected chi connectivity index (χ2v) is 3.47. The smallest absolute Gasteiger partial charge is 0.129 e. The molecule has 0 aliphatic carbocycles. The minimum absolute atomic E-state index is 0.236. The van der Waals surface area contributed by atoms with Crippen molar-refractivity contribution in [1.82, 2.24) is 0 Å². The fourth-order valence-corrected chi connectivity index (χ4v) is 1.52. The molecule has 1 nitrogen and oxygen atoms in total. The first-order chi connectivity index (χ1) is 7.70. The third kappa shape index (κ3) is 2.09. The Kier molecular flexibility index (Phi) is 2.97. The Morgan fingerprint density at radius 2 is 1.69 bits per heavy atom.